The summed E-state index contributed by atoms with van der Waals surface area (Å²) in [5.74, 6) is 1.20. The molecule has 0 spiro atoms. The molecule has 0 radical (unpaired) electrons. The summed E-state index contributed by atoms with van der Waals surface area (Å²) in [6.07, 6.45) is 7.48. The number of rotatable bonds is 12. The van der Waals surface area contributed by atoms with E-state index in [0.29, 0.717) is 30.4 Å². The number of aromatic hydroxyl groups is 2. The Bertz CT molecular complexity index is 907. The third-order valence-corrected chi connectivity index (χ3v) is 5.25. The van der Waals surface area contributed by atoms with Gasteiger partial charge in [-0.25, -0.2) is 0 Å². The van der Waals surface area contributed by atoms with Crippen LogP contribution in [0.2, 0.25) is 0 Å². The summed E-state index contributed by atoms with van der Waals surface area (Å²) >= 11 is 0. The third-order valence-electron chi connectivity index (χ3n) is 5.25. The number of hydrogen-bond acceptors (Lipinski definition) is 5. The van der Waals surface area contributed by atoms with Crippen LogP contribution in [0, 0.1) is 11.8 Å². The summed E-state index contributed by atoms with van der Waals surface area (Å²) in [4.78, 5) is 13.0. The van der Waals surface area contributed by atoms with Crippen molar-refractivity contribution in [2.75, 3.05) is 14.2 Å². The van der Waals surface area contributed by atoms with Crippen molar-refractivity contribution >= 4 is 5.91 Å². The Morgan fingerprint density at radius 1 is 1.00 bits per heavy atom. The average Bonchev–Trinajstić information content (AvgIpc) is 2.78. The molecule has 0 saturated heterocycles. The number of phenols is 2. The van der Waals surface area contributed by atoms with E-state index in [1.165, 1.54) is 14.2 Å². The SMILES string of the molecule is COc1cc(CNC(=O)C(CCC/C=C/C(C)C)Cc2ccc(O)c(OC)c2)ccc1O. The number of ether oxygens (including phenoxy) is 2. The van der Waals surface area contributed by atoms with Crippen molar-refractivity contribution in [3.05, 3.63) is 59.7 Å². The van der Waals surface area contributed by atoms with Gasteiger partial charge in [0.05, 0.1) is 14.2 Å². The van der Waals surface area contributed by atoms with E-state index in [1.54, 1.807) is 30.3 Å². The van der Waals surface area contributed by atoms with Crippen LogP contribution in [0.5, 0.6) is 23.0 Å². The summed E-state index contributed by atoms with van der Waals surface area (Å²) < 4.78 is 10.3. The van der Waals surface area contributed by atoms with Gasteiger partial charge in [-0.15, -0.1) is 0 Å². The molecular weight excluding hydrogens is 406 g/mol. The predicted octanol–water partition coefficient (Wildman–Crippen LogP) is 4.97. The Balaban J connectivity index is 2.07. The third kappa shape index (κ3) is 7.84. The van der Waals surface area contributed by atoms with Crippen LogP contribution in [0.25, 0.3) is 0 Å². The maximum absolute atomic E-state index is 13.0. The van der Waals surface area contributed by atoms with E-state index in [-0.39, 0.29) is 23.3 Å². The number of carbonyl (C=O) groups excluding carboxylic acids is 1. The molecule has 1 atom stereocenters. The molecule has 0 bridgehead atoms. The van der Waals surface area contributed by atoms with E-state index in [1.807, 2.05) is 6.07 Å². The average molecular weight is 442 g/mol. The van der Waals surface area contributed by atoms with Crippen LogP contribution in [0.4, 0.5) is 0 Å². The highest BCUT2D eigenvalue weighted by molar-refractivity contribution is 5.79. The van der Waals surface area contributed by atoms with Crippen molar-refractivity contribution in [1.82, 2.24) is 5.32 Å². The van der Waals surface area contributed by atoms with Crippen LogP contribution in [0.3, 0.4) is 0 Å². The van der Waals surface area contributed by atoms with Gasteiger partial charge in [0.2, 0.25) is 5.91 Å². The first-order valence-electron chi connectivity index (χ1n) is 11.0. The first-order valence-corrected chi connectivity index (χ1v) is 11.0. The Morgan fingerprint density at radius 3 is 2.19 bits per heavy atom. The molecule has 6 heteroatoms. The molecule has 1 unspecified atom stereocenters. The minimum Gasteiger partial charge on any atom is -0.504 e. The molecule has 0 aliphatic carbocycles. The molecule has 2 aromatic carbocycles. The Morgan fingerprint density at radius 2 is 1.59 bits per heavy atom. The standard InChI is InChI=1S/C26H35NO5/c1-18(2)8-6-5-7-9-21(14-19-10-12-22(28)24(15-19)31-3)26(30)27-17-20-11-13-23(29)25(16-20)32-4/h6,8,10-13,15-16,18,21,28-29H,5,7,9,14,17H2,1-4H3,(H,27,30)/b8-6+. The van der Waals surface area contributed by atoms with Crippen molar-refractivity contribution in [2.24, 2.45) is 11.8 Å². The molecule has 0 heterocycles. The van der Waals surface area contributed by atoms with Crippen molar-refractivity contribution in [1.29, 1.82) is 0 Å². The topological polar surface area (TPSA) is 88.0 Å². The lowest BCUT2D eigenvalue weighted by Gasteiger charge is -2.18. The molecule has 0 fully saturated rings. The van der Waals surface area contributed by atoms with Crippen LogP contribution in [0.1, 0.15) is 44.2 Å². The molecule has 0 aromatic heterocycles. The first-order chi connectivity index (χ1) is 15.3. The van der Waals surface area contributed by atoms with Crippen LogP contribution in [-0.4, -0.2) is 30.3 Å². The van der Waals surface area contributed by atoms with E-state index < -0.39 is 0 Å². The fourth-order valence-electron chi connectivity index (χ4n) is 3.48. The van der Waals surface area contributed by atoms with Gasteiger partial charge in [-0.2, -0.15) is 0 Å². The van der Waals surface area contributed by atoms with Gasteiger partial charge in [0.25, 0.3) is 0 Å². The highest BCUT2D eigenvalue weighted by Crippen LogP contribution is 2.29. The predicted molar refractivity (Wildman–Crippen MR) is 126 cm³/mol. The summed E-state index contributed by atoms with van der Waals surface area (Å²) in [5.41, 5.74) is 1.78. The quantitative estimate of drug-likeness (QED) is 0.320. The van der Waals surface area contributed by atoms with Gasteiger partial charge in [-0.1, -0.05) is 38.1 Å². The zero-order chi connectivity index (χ0) is 23.5. The van der Waals surface area contributed by atoms with Gasteiger partial charge >= 0.3 is 0 Å². The molecule has 2 rings (SSSR count). The Labute approximate surface area is 190 Å². The lowest BCUT2D eigenvalue weighted by atomic mass is 9.92. The lowest BCUT2D eigenvalue weighted by molar-refractivity contribution is -0.125. The van der Waals surface area contributed by atoms with Crippen molar-refractivity contribution < 1.29 is 24.5 Å². The molecule has 174 valence electrons. The number of hydrogen-bond donors (Lipinski definition) is 3. The number of methoxy groups -OCH3 is 2. The van der Waals surface area contributed by atoms with E-state index >= 15 is 0 Å². The van der Waals surface area contributed by atoms with Crippen molar-refractivity contribution in [3.63, 3.8) is 0 Å². The summed E-state index contributed by atoms with van der Waals surface area (Å²) in [6.45, 7) is 4.63. The number of amides is 1. The fourth-order valence-corrected chi connectivity index (χ4v) is 3.48. The first kappa shape index (κ1) is 25.1. The van der Waals surface area contributed by atoms with E-state index in [0.717, 1.165) is 30.4 Å². The molecule has 6 nitrogen and oxygen atoms in total. The van der Waals surface area contributed by atoms with Gasteiger partial charge in [0, 0.05) is 12.5 Å². The summed E-state index contributed by atoms with van der Waals surface area (Å²) in [6, 6.07) is 10.2. The number of benzene rings is 2. The zero-order valence-corrected chi connectivity index (χ0v) is 19.4. The van der Waals surface area contributed by atoms with Gasteiger partial charge in [-0.3, -0.25) is 4.79 Å². The monoisotopic (exact) mass is 441 g/mol. The van der Waals surface area contributed by atoms with Crippen LogP contribution < -0.4 is 14.8 Å². The Kier molecular flexibility index (Phi) is 9.92. The zero-order valence-electron chi connectivity index (χ0n) is 19.4. The maximum Gasteiger partial charge on any atom is 0.223 e. The van der Waals surface area contributed by atoms with E-state index in [2.05, 4.69) is 31.3 Å². The minimum atomic E-state index is -0.212. The van der Waals surface area contributed by atoms with Crippen molar-refractivity contribution in [3.8, 4) is 23.0 Å². The maximum atomic E-state index is 13.0. The largest absolute Gasteiger partial charge is 0.504 e. The molecular formula is C26H35NO5. The minimum absolute atomic E-state index is 0.0306. The normalized spacial score (nSPS) is 12.2. The van der Waals surface area contributed by atoms with Crippen LogP contribution in [0.15, 0.2) is 48.6 Å². The van der Waals surface area contributed by atoms with Gasteiger partial charge < -0.3 is 25.0 Å². The second-order valence-electron chi connectivity index (χ2n) is 8.23. The highest BCUT2D eigenvalue weighted by atomic mass is 16.5. The molecule has 32 heavy (non-hydrogen) atoms. The molecule has 3 N–H and O–H groups in total. The molecule has 0 saturated carbocycles. The Hall–Kier alpha value is -3.15. The molecule has 0 aliphatic heterocycles. The number of unbranched alkanes of at least 4 members (excludes halogenated alkanes) is 1. The number of carbonyl (C=O) groups is 1. The fraction of sp³-hybridized carbons (Fsp3) is 0.423. The highest BCUT2D eigenvalue weighted by Gasteiger charge is 2.19. The number of nitrogens with one attached hydrogen (secondary N) is 1. The summed E-state index contributed by atoms with van der Waals surface area (Å²) in [5, 5.41) is 22.6. The molecule has 0 aliphatic rings. The van der Waals surface area contributed by atoms with Crippen LogP contribution in [-0.2, 0) is 17.8 Å². The second kappa shape index (κ2) is 12.6. The molecule has 1 amide bonds. The number of allylic oxidation sites excluding steroid dienone is 2. The van der Waals surface area contributed by atoms with E-state index in [9.17, 15) is 15.0 Å². The van der Waals surface area contributed by atoms with E-state index in [4.69, 9.17) is 9.47 Å². The smallest absolute Gasteiger partial charge is 0.223 e. The van der Waals surface area contributed by atoms with Gasteiger partial charge in [0.1, 0.15) is 0 Å². The van der Waals surface area contributed by atoms with Gasteiger partial charge in [-0.05, 0) is 67.0 Å². The van der Waals surface area contributed by atoms with Gasteiger partial charge in [0.15, 0.2) is 23.0 Å². The van der Waals surface area contributed by atoms with Crippen LogP contribution >= 0.6 is 0 Å². The lowest BCUT2D eigenvalue weighted by Crippen LogP contribution is -2.31. The summed E-state index contributed by atoms with van der Waals surface area (Å²) in [7, 11) is 3.00. The number of phenolic OH excluding ortho intramolecular Hbond substituents is 2. The second-order valence-corrected chi connectivity index (χ2v) is 8.23. The van der Waals surface area contributed by atoms with Crippen molar-refractivity contribution in [2.45, 2.75) is 46.1 Å². The molecule has 2 aromatic rings.